The molecule has 8 nitrogen and oxygen atoms in total. The van der Waals surface area contributed by atoms with Crippen LogP contribution in [0.3, 0.4) is 0 Å². The first kappa shape index (κ1) is 25.5. The van der Waals surface area contributed by atoms with Crippen molar-refractivity contribution in [2.45, 2.75) is 45.2 Å². The number of hydrogen-bond donors (Lipinski definition) is 0. The highest BCUT2D eigenvalue weighted by Gasteiger charge is 2.61. The van der Waals surface area contributed by atoms with E-state index in [4.69, 9.17) is 14.2 Å². The number of carbonyl (C=O) groups excluding carboxylic acids is 3. The second-order valence-corrected chi connectivity index (χ2v) is 9.92. The Balaban J connectivity index is 1.35. The smallest absolute Gasteiger partial charge is 0.410 e. The number of amides is 2. The molecule has 36 heavy (non-hydrogen) atoms. The van der Waals surface area contributed by atoms with Gasteiger partial charge in [-0.25, -0.2) is 9.18 Å². The Morgan fingerprint density at radius 1 is 1.03 bits per heavy atom. The molecule has 2 heterocycles. The minimum atomic E-state index is -1.88. The van der Waals surface area contributed by atoms with Gasteiger partial charge in [0.1, 0.15) is 25.0 Å². The molecule has 0 bridgehead atoms. The third kappa shape index (κ3) is 5.29. The molecular weight excluding hydrogens is 467 g/mol. The van der Waals surface area contributed by atoms with Gasteiger partial charge in [0.2, 0.25) is 5.91 Å². The van der Waals surface area contributed by atoms with Crippen molar-refractivity contribution >= 4 is 18.0 Å². The van der Waals surface area contributed by atoms with Gasteiger partial charge in [0.05, 0.1) is 19.1 Å². The Morgan fingerprint density at radius 3 is 2.33 bits per heavy atom. The van der Waals surface area contributed by atoms with Gasteiger partial charge in [0, 0.05) is 19.5 Å². The molecule has 0 radical (unpaired) electrons. The van der Waals surface area contributed by atoms with Crippen molar-refractivity contribution in [2.24, 2.45) is 5.41 Å². The molecule has 2 aromatic rings. The van der Waals surface area contributed by atoms with E-state index in [-0.39, 0.29) is 39.3 Å². The summed E-state index contributed by atoms with van der Waals surface area (Å²) in [5, 5.41) is 0. The fourth-order valence-corrected chi connectivity index (χ4v) is 4.68. The van der Waals surface area contributed by atoms with Crippen molar-refractivity contribution in [1.29, 1.82) is 0 Å². The molecule has 0 aliphatic carbocycles. The van der Waals surface area contributed by atoms with E-state index >= 15 is 4.39 Å². The van der Waals surface area contributed by atoms with Crippen LogP contribution in [0.15, 0.2) is 54.6 Å². The molecule has 2 aliphatic heterocycles. The van der Waals surface area contributed by atoms with Crippen molar-refractivity contribution in [2.75, 3.05) is 26.7 Å². The molecule has 4 rings (SSSR count). The lowest BCUT2D eigenvalue weighted by molar-refractivity contribution is -0.157. The van der Waals surface area contributed by atoms with Gasteiger partial charge < -0.3 is 19.1 Å². The third-order valence-corrected chi connectivity index (χ3v) is 6.68. The number of hydrogen-bond acceptors (Lipinski definition) is 6. The first-order valence-electron chi connectivity index (χ1n) is 11.9. The minimum Gasteiger partial charge on any atom is -0.497 e. The number of halogens is 1. The molecule has 2 saturated heterocycles. The van der Waals surface area contributed by atoms with Gasteiger partial charge in [-0.05, 0) is 37.1 Å². The van der Waals surface area contributed by atoms with E-state index in [0.29, 0.717) is 5.75 Å². The predicted molar refractivity (Wildman–Crippen MR) is 129 cm³/mol. The van der Waals surface area contributed by atoms with Crippen LogP contribution >= 0.6 is 0 Å². The van der Waals surface area contributed by atoms with Gasteiger partial charge in [-0.1, -0.05) is 42.5 Å². The Hall–Kier alpha value is -3.62. The number of nitrogens with zero attached hydrogens (tertiary/aromatic N) is 2. The van der Waals surface area contributed by atoms with E-state index in [0.717, 1.165) is 11.1 Å². The number of likely N-dealkylation sites (tertiary alicyclic amines) is 2. The monoisotopic (exact) mass is 498 g/mol. The topological polar surface area (TPSA) is 85.4 Å². The minimum absolute atomic E-state index is 0.0254. The fraction of sp³-hybridized carbons (Fsp3) is 0.444. The van der Waals surface area contributed by atoms with Gasteiger partial charge in [-0.15, -0.1) is 0 Å². The van der Waals surface area contributed by atoms with E-state index in [2.05, 4.69) is 0 Å². The lowest BCUT2D eigenvalue weighted by Crippen LogP contribution is -2.47. The average Bonchev–Trinajstić information content (AvgIpc) is 3.33. The summed E-state index contributed by atoms with van der Waals surface area (Å²) in [6, 6.07) is 15.0. The summed E-state index contributed by atoms with van der Waals surface area (Å²) in [6.07, 6.45) is -0.695. The van der Waals surface area contributed by atoms with Crippen molar-refractivity contribution in [3.05, 3.63) is 65.7 Å². The zero-order valence-electron chi connectivity index (χ0n) is 20.7. The van der Waals surface area contributed by atoms with Gasteiger partial charge in [-0.3, -0.25) is 14.5 Å². The molecule has 0 spiro atoms. The molecule has 2 fully saturated rings. The number of fused-ring (bicyclic) bond motifs is 1. The molecule has 0 saturated carbocycles. The van der Waals surface area contributed by atoms with Crippen molar-refractivity contribution in [3.8, 4) is 5.75 Å². The number of ether oxygens (including phenoxy) is 3. The fourth-order valence-electron chi connectivity index (χ4n) is 4.68. The molecule has 2 aliphatic rings. The molecule has 0 unspecified atom stereocenters. The number of esters is 1. The number of methoxy groups -OCH3 is 1. The van der Waals surface area contributed by atoms with Crippen molar-refractivity contribution in [1.82, 2.24) is 9.80 Å². The zero-order valence-corrected chi connectivity index (χ0v) is 20.7. The van der Waals surface area contributed by atoms with Crippen LogP contribution in [0.25, 0.3) is 0 Å². The summed E-state index contributed by atoms with van der Waals surface area (Å²) < 4.78 is 31.7. The van der Waals surface area contributed by atoms with Gasteiger partial charge in [0.25, 0.3) is 0 Å². The molecule has 2 aromatic carbocycles. The summed E-state index contributed by atoms with van der Waals surface area (Å²) in [4.78, 5) is 41.2. The molecule has 2 atom stereocenters. The summed E-state index contributed by atoms with van der Waals surface area (Å²) in [5.41, 5.74) is -1.37. The summed E-state index contributed by atoms with van der Waals surface area (Å²) in [7, 11) is 1.57. The Labute approximate surface area is 209 Å². The van der Waals surface area contributed by atoms with E-state index in [1.807, 2.05) is 30.3 Å². The lowest BCUT2D eigenvalue weighted by Gasteiger charge is -2.29. The van der Waals surface area contributed by atoms with Crippen LogP contribution in [0, 0.1) is 5.41 Å². The number of benzene rings is 2. The molecular formula is C27H31FN2O6. The van der Waals surface area contributed by atoms with Crippen LogP contribution in [0.1, 0.15) is 31.4 Å². The standard InChI is InChI=1S/C27H31FN2O6/c1-26(2,24(32)35-15-20-9-11-21(34-3)12-10-20)17-29-18-27(28)13-14-30(22(27)23(29)31)25(33)36-16-19-7-5-4-6-8-19/h4-12,22H,13-18H2,1-3H3/t22-,27-/m0/s1. The molecule has 0 N–H and O–H groups in total. The number of rotatable bonds is 8. The molecule has 2 amide bonds. The highest BCUT2D eigenvalue weighted by molar-refractivity contribution is 5.91. The maximum atomic E-state index is 15.7. The van der Waals surface area contributed by atoms with Crippen LogP contribution in [0.4, 0.5) is 9.18 Å². The highest BCUT2D eigenvalue weighted by atomic mass is 19.1. The van der Waals surface area contributed by atoms with Gasteiger partial charge in [0.15, 0.2) is 5.67 Å². The van der Waals surface area contributed by atoms with E-state index in [1.165, 1.54) is 9.80 Å². The van der Waals surface area contributed by atoms with Crippen LogP contribution in [0.2, 0.25) is 0 Å². The maximum Gasteiger partial charge on any atom is 0.410 e. The van der Waals surface area contributed by atoms with Gasteiger partial charge >= 0.3 is 12.1 Å². The second kappa shape index (κ2) is 10.2. The molecule has 192 valence electrons. The lowest BCUT2D eigenvalue weighted by atomic mass is 9.93. The Morgan fingerprint density at radius 2 is 1.67 bits per heavy atom. The number of alkyl halides is 1. The van der Waals surface area contributed by atoms with Crippen LogP contribution in [-0.2, 0) is 32.3 Å². The molecule has 0 aromatic heterocycles. The Kier molecular flexibility index (Phi) is 7.19. The van der Waals surface area contributed by atoms with E-state index in [1.54, 1.807) is 45.2 Å². The van der Waals surface area contributed by atoms with Crippen molar-refractivity contribution in [3.63, 3.8) is 0 Å². The second-order valence-electron chi connectivity index (χ2n) is 9.92. The highest BCUT2D eigenvalue weighted by Crippen LogP contribution is 2.41. The average molecular weight is 499 g/mol. The Bertz CT molecular complexity index is 1110. The quantitative estimate of drug-likeness (QED) is 0.516. The van der Waals surface area contributed by atoms with Crippen molar-refractivity contribution < 1.29 is 33.0 Å². The largest absolute Gasteiger partial charge is 0.497 e. The number of carbonyl (C=O) groups is 3. The first-order chi connectivity index (χ1) is 17.1. The normalized spacial score (nSPS) is 21.3. The zero-order chi connectivity index (χ0) is 25.9. The van der Waals surface area contributed by atoms with E-state index < -0.39 is 35.1 Å². The predicted octanol–water partition coefficient (Wildman–Crippen LogP) is 3.73. The maximum absolute atomic E-state index is 15.7. The van der Waals surface area contributed by atoms with Crippen LogP contribution in [0.5, 0.6) is 5.75 Å². The summed E-state index contributed by atoms with van der Waals surface area (Å²) in [6.45, 7) is 3.30. The van der Waals surface area contributed by atoms with Gasteiger partial charge in [-0.2, -0.15) is 0 Å². The third-order valence-electron chi connectivity index (χ3n) is 6.68. The summed E-state index contributed by atoms with van der Waals surface area (Å²) in [5.74, 6) is -0.334. The van der Waals surface area contributed by atoms with Crippen LogP contribution in [-0.4, -0.2) is 66.2 Å². The first-order valence-corrected chi connectivity index (χ1v) is 11.9. The van der Waals surface area contributed by atoms with Crippen LogP contribution < -0.4 is 4.74 Å². The SMILES string of the molecule is COc1ccc(COC(=O)C(C)(C)CN2C[C@@]3(F)CCN(C(=O)OCc4ccccc4)[C@H]3C2=O)cc1. The van der Waals surface area contributed by atoms with E-state index in [9.17, 15) is 14.4 Å². The molecule has 9 heteroatoms. The summed E-state index contributed by atoms with van der Waals surface area (Å²) >= 11 is 0.